The third kappa shape index (κ3) is 10.8. The highest BCUT2D eigenvalue weighted by atomic mass is 16.5. The van der Waals surface area contributed by atoms with Crippen molar-refractivity contribution in [2.24, 2.45) is 0 Å². The van der Waals surface area contributed by atoms with E-state index >= 15 is 0 Å². The van der Waals surface area contributed by atoms with Gasteiger partial charge < -0.3 is 35.9 Å². The maximum absolute atomic E-state index is 13.1. The van der Waals surface area contributed by atoms with E-state index in [0.717, 1.165) is 18.5 Å². The van der Waals surface area contributed by atoms with Crippen LogP contribution in [0.5, 0.6) is 0 Å². The Hall–Kier alpha value is -5.08. The lowest BCUT2D eigenvalue weighted by Crippen LogP contribution is -2.42. The molecule has 2 heterocycles. The molecule has 3 aromatic rings. The molecule has 0 saturated carbocycles. The van der Waals surface area contributed by atoms with Crippen LogP contribution in [0.4, 0.5) is 17.5 Å². The fraction of sp³-hybridized carbons (Fsp3) is 0.484. The van der Waals surface area contributed by atoms with E-state index in [4.69, 9.17) is 25.7 Å². The van der Waals surface area contributed by atoms with Crippen molar-refractivity contribution in [3.63, 3.8) is 0 Å². The third-order valence-corrected chi connectivity index (χ3v) is 6.78. The summed E-state index contributed by atoms with van der Waals surface area (Å²) in [5, 5.41) is 2.67. The van der Waals surface area contributed by atoms with Crippen LogP contribution in [0.1, 0.15) is 75.3 Å². The first-order valence-electron chi connectivity index (χ1n) is 15.3. The largest absolute Gasteiger partial charge is 0.466 e. The van der Waals surface area contributed by atoms with Crippen molar-refractivity contribution in [3.8, 4) is 0 Å². The first-order chi connectivity index (χ1) is 22.1. The van der Waals surface area contributed by atoms with Gasteiger partial charge in [0.15, 0.2) is 17.0 Å². The Bertz CT molecular complexity index is 1490. The van der Waals surface area contributed by atoms with Crippen LogP contribution in [0.3, 0.4) is 0 Å². The molecule has 2 aromatic heterocycles. The van der Waals surface area contributed by atoms with E-state index in [1.165, 1.54) is 0 Å². The topological polar surface area (TPSA) is 215 Å². The molecule has 0 radical (unpaired) electrons. The van der Waals surface area contributed by atoms with Gasteiger partial charge in [-0.1, -0.05) is 6.42 Å². The standard InChI is InChI=1S/C31H42N8O7/c1-4-44-24(40)10-8-7-9-17-39(19-21-18-34-28-26(35-21)27(32)37-31(33)38-28)22-13-11-20(12-14-22)29(42)36-23(30(43)46-6-3)15-16-25(41)45-5-2/h11-14,18,23H,4-10,15-17,19H2,1-3H3,(H,36,42)(H4,32,33,34,37,38)/t23-/m0/s1. The van der Waals surface area contributed by atoms with Gasteiger partial charge in [0, 0.05) is 30.6 Å². The van der Waals surface area contributed by atoms with E-state index in [1.807, 2.05) is 0 Å². The average Bonchev–Trinajstić information content (AvgIpc) is 3.03. The quantitative estimate of drug-likeness (QED) is 0.104. The zero-order chi connectivity index (χ0) is 33.5. The third-order valence-electron chi connectivity index (χ3n) is 6.78. The summed E-state index contributed by atoms with van der Waals surface area (Å²) in [7, 11) is 0. The predicted octanol–water partition coefficient (Wildman–Crippen LogP) is 2.72. The highest BCUT2D eigenvalue weighted by Crippen LogP contribution is 2.21. The minimum absolute atomic E-state index is 0.00759. The molecule has 15 nitrogen and oxygen atoms in total. The lowest BCUT2D eigenvalue weighted by atomic mass is 10.1. The number of carbonyl (C=O) groups is 4. The number of ether oxygens (including phenoxy) is 3. The molecule has 248 valence electrons. The fourth-order valence-electron chi connectivity index (χ4n) is 4.59. The van der Waals surface area contributed by atoms with Gasteiger partial charge in [0.05, 0.1) is 38.3 Å². The molecule has 0 aliphatic rings. The number of nitrogens with zero attached hydrogens (tertiary/aromatic N) is 5. The van der Waals surface area contributed by atoms with E-state index in [9.17, 15) is 19.2 Å². The van der Waals surface area contributed by atoms with Crippen molar-refractivity contribution in [2.75, 3.05) is 42.7 Å². The maximum Gasteiger partial charge on any atom is 0.328 e. The molecule has 0 unspecified atom stereocenters. The van der Waals surface area contributed by atoms with Gasteiger partial charge in [-0.15, -0.1) is 0 Å². The van der Waals surface area contributed by atoms with Gasteiger partial charge in [-0.3, -0.25) is 14.4 Å². The minimum atomic E-state index is -1.01. The van der Waals surface area contributed by atoms with Crippen LogP contribution in [0.2, 0.25) is 0 Å². The normalized spacial score (nSPS) is 11.5. The summed E-state index contributed by atoms with van der Waals surface area (Å²) in [6.45, 7) is 6.80. The molecule has 0 aliphatic carbocycles. The summed E-state index contributed by atoms with van der Waals surface area (Å²) in [4.78, 5) is 68.2. The summed E-state index contributed by atoms with van der Waals surface area (Å²) in [5.41, 5.74) is 14.1. The number of fused-ring (bicyclic) bond motifs is 1. The number of nitrogens with one attached hydrogen (secondary N) is 1. The van der Waals surface area contributed by atoms with Gasteiger partial charge in [0.25, 0.3) is 5.91 Å². The smallest absolute Gasteiger partial charge is 0.328 e. The van der Waals surface area contributed by atoms with Crippen LogP contribution < -0.4 is 21.7 Å². The van der Waals surface area contributed by atoms with Crippen molar-refractivity contribution in [2.45, 2.75) is 71.9 Å². The van der Waals surface area contributed by atoms with Crippen molar-refractivity contribution >= 4 is 52.4 Å². The molecule has 0 bridgehead atoms. The van der Waals surface area contributed by atoms with Crippen LogP contribution >= 0.6 is 0 Å². The van der Waals surface area contributed by atoms with Gasteiger partial charge in [-0.25, -0.2) is 14.8 Å². The van der Waals surface area contributed by atoms with Crippen molar-refractivity contribution in [3.05, 3.63) is 41.7 Å². The van der Waals surface area contributed by atoms with Crippen LogP contribution in [-0.2, 0) is 35.1 Å². The minimum Gasteiger partial charge on any atom is -0.466 e. The number of nitrogen functional groups attached to an aromatic ring is 2. The Morgan fingerprint density at radius 3 is 2.20 bits per heavy atom. The second-order valence-electron chi connectivity index (χ2n) is 10.2. The SMILES string of the molecule is CCOC(=O)CCCCCN(Cc1cnc2nc(N)nc(N)c2n1)c1ccc(C(=O)N[C@@H](CCC(=O)OCC)C(=O)OCC)cc1. The number of esters is 3. The lowest BCUT2D eigenvalue weighted by molar-refractivity contribution is -0.147. The Labute approximate surface area is 267 Å². The number of unbranched alkanes of at least 4 members (excludes halogenated alkanes) is 2. The molecule has 1 aromatic carbocycles. The van der Waals surface area contributed by atoms with E-state index in [-0.39, 0.29) is 49.4 Å². The first kappa shape index (κ1) is 35.4. The summed E-state index contributed by atoms with van der Waals surface area (Å²) in [5.74, 6) is -1.67. The van der Waals surface area contributed by atoms with Crippen molar-refractivity contribution in [1.29, 1.82) is 0 Å². The van der Waals surface area contributed by atoms with E-state index in [2.05, 4.69) is 30.2 Å². The van der Waals surface area contributed by atoms with Crippen molar-refractivity contribution in [1.82, 2.24) is 25.3 Å². The molecule has 5 N–H and O–H groups in total. The molecule has 0 spiro atoms. The van der Waals surface area contributed by atoms with E-state index in [1.54, 1.807) is 51.2 Å². The van der Waals surface area contributed by atoms with E-state index in [0.29, 0.717) is 49.3 Å². The Morgan fingerprint density at radius 2 is 1.52 bits per heavy atom. The molecule has 0 saturated heterocycles. The van der Waals surface area contributed by atoms with Crippen LogP contribution in [0, 0.1) is 0 Å². The Morgan fingerprint density at radius 1 is 0.848 bits per heavy atom. The fourth-order valence-corrected chi connectivity index (χ4v) is 4.59. The van der Waals surface area contributed by atoms with Gasteiger partial charge in [-0.2, -0.15) is 9.97 Å². The molecule has 46 heavy (non-hydrogen) atoms. The Balaban J connectivity index is 1.75. The number of hydrogen-bond donors (Lipinski definition) is 3. The number of aromatic nitrogens is 4. The summed E-state index contributed by atoms with van der Waals surface area (Å²) in [6.07, 6.45) is 4.19. The number of nitrogens with two attached hydrogens (primary N) is 2. The molecule has 0 fully saturated rings. The number of anilines is 3. The number of carbonyl (C=O) groups excluding carboxylic acids is 4. The lowest BCUT2D eigenvalue weighted by Gasteiger charge is -2.25. The summed E-state index contributed by atoms with van der Waals surface area (Å²) in [6, 6.07) is 5.86. The van der Waals surface area contributed by atoms with Gasteiger partial charge in [0.1, 0.15) is 6.04 Å². The molecule has 3 rings (SSSR count). The van der Waals surface area contributed by atoms with Crippen LogP contribution in [0.15, 0.2) is 30.5 Å². The molecule has 1 amide bonds. The summed E-state index contributed by atoms with van der Waals surface area (Å²) >= 11 is 0. The number of rotatable bonds is 18. The monoisotopic (exact) mass is 638 g/mol. The summed E-state index contributed by atoms with van der Waals surface area (Å²) < 4.78 is 15.0. The first-order valence-corrected chi connectivity index (χ1v) is 15.3. The maximum atomic E-state index is 13.1. The molecule has 15 heteroatoms. The number of benzene rings is 1. The highest BCUT2D eigenvalue weighted by molar-refractivity contribution is 5.97. The van der Waals surface area contributed by atoms with Gasteiger partial charge in [-0.05, 0) is 64.3 Å². The molecular formula is C31H42N8O7. The van der Waals surface area contributed by atoms with Gasteiger partial charge in [0.2, 0.25) is 5.95 Å². The molecule has 1 atom stereocenters. The number of amides is 1. The van der Waals surface area contributed by atoms with Gasteiger partial charge >= 0.3 is 17.9 Å². The zero-order valence-electron chi connectivity index (χ0n) is 26.5. The molecular weight excluding hydrogens is 596 g/mol. The highest BCUT2D eigenvalue weighted by Gasteiger charge is 2.24. The average molecular weight is 639 g/mol. The molecule has 0 aliphatic heterocycles. The van der Waals surface area contributed by atoms with Crippen LogP contribution in [0.25, 0.3) is 11.2 Å². The van der Waals surface area contributed by atoms with Crippen LogP contribution in [-0.4, -0.2) is 76.2 Å². The second kappa shape index (κ2) is 18.0. The van der Waals surface area contributed by atoms with Crippen molar-refractivity contribution < 1.29 is 33.4 Å². The zero-order valence-corrected chi connectivity index (χ0v) is 26.5. The Kier molecular flexibility index (Phi) is 13.9. The van der Waals surface area contributed by atoms with E-state index < -0.39 is 23.9 Å². The number of hydrogen-bond acceptors (Lipinski definition) is 14. The predicted molar refractivity (Wildman–Crippen MR) is 170 cm³/mol. The second-order valence-corrected chi connectivity index (χ2v) is 10.2.